The van der Waals surface area contributed by atoms with Gasteiger partial charge in [-0.2, -0.15) is 0 Å². The van der Waals surface area contributed by atoms with Crippen LogP contribution in [0, 0.1) is 6.92 Å². The van der Waals surface area contributed by atoms with Crippen LogP contribution in [0.4, 0.5) is 10.5 Å². The summed E-state index contributed by atoms with van der Waals surface area (Å²) in [5.41, 5.74) is 2.39. The van der Waals surface area contributed by atoms with Crippen LogP contribution in [0.1, 0.15) is 25.3 Å². The maximum Gasteiger partial charge on any atom is 0.317 e. The largest absolute Gasteiger partial charge is 0.383 e. The molecule has 0 radical (unpaired) electrons. The Labute approximate surface area is 138 Å². The first-order valence-corrected chi connectivity index (χ1v) is 8.35. The predicted molar refractivity (Wildman–Crippen MR) is 91.9 cm³/mol. The molecule has 2 rings (SSSR count). The molecule has 0 spiro atoms. The number of rotatable bonds is 5. The first-order valence-electron chi connectivity index (χ1n) is 8.35. The van der Waals surface area contributed by atoms with Crippen molar-refractivity contribution in [2.24, 2.45) is 0 Å². The van der Waals surface area contributed by atoms with Gasteiger partial charge in [-0.1, -0.05) is 6.92 Å². The number of carbonyl (C=O) groups excluding carboxylic acids is 1. The summed E-state index contributed by atoms with van der Waals surface area (Å²) >= 11 is 0. The molecular weight excluding hydrogens is 292 g/mol. The lowest BCUT2D eigenvalue weighted by Crippen LogP contribution is -2.47. The third kappa shape index (κ3) is 4.82. The molecule has 1 aliphatic heterocycles. The van der Waals surface area contributed by atoms with Crippen molar-refractivity contribution in [2.75, 3.05) is 44.8 Å². The molecule has 1 fully saturated rings. The summed E-state index contributed by atoms with van der Waals surface area (Å²) in [4.78, 5) is 20.8. The molecule has 0 aromatic carbocycles. The highest BCUT2D eigenvalue weighted by Gasteiger charge is 2.21. The summed E-state index contributed by atoms with van der Waals surface area (Å²) in [6.07, 6.45) is 5.56. The van der Waals surface area contributed by atoms with Crippen LogP contribution in [0.2, 0.25) is 0 Å². The van der Waals surface area contributed by atoms with Gasteiger partial charge in [-0.25, -0.2) is 4.79 Å². The van der Waals surface area contributed by atoms with E-state index < -0.39 is 0 Å². The van der Waals surface area contributed by atoms with Gasteiger partial charge < -0.3 is 19.9 Å². The van der Waals surface area contributed by atoms with E-state index in [4.69, 9.17) is 4.74 Å². The normalized spacial score (nSPS) is 16.8. The lowest BCUT2D eigenvalue weighted by molar-refractivity contribution is 0.154. The van der Waals surface area contributed by atoms with Crippen molar-refractivity contribution < 1.29 is 9.53 Å². The van der Waals surface area contributed by atoms with Crippen LogP contribution in [0.3, 0.4) is 0 Å². The van der Waals surface area contributed by atoms with E-state index >= 15 is 0 Å². The highest BCUT2D eigenvalue weighted by molar-refractivity contribution is 5.74. The number of urea groups is 1. The standard InChI is InChI=1S/C17H28N4O2/c1-4-15(13-23-3)19-17(22)21-9-5-8-20(10-11-21)16-6-7-18-12-14(16)2/h6-7,12,15H,4-5,8-11,13H2,1-3H3,(H,19,22). The summed E-state index contributed by atoms with van der Waals surface area (Å²) in [6.45, 7) is 8.02. The van der Waals surface area contributed by atoms with E-state index in [1.54, 1.807) is 7.11 Å². The van der Waals surface area contributed by atoms with Crippen molar-refractivity contribution in [1.82, 2.24) is 15.2 Å². The average Bonchev–Trinajstić information content (AvgIpc) is 2.81. The van der Waals surface area contributed by atoms with Crippen LogP contribution in [0.15, 0.2) is 18.5 Å². The highest BCUT2D eigenvalue weighted by Crippen LogP contribution is 2.20. The van der Waals surface area contributed by atoms with Gasteiger partial charge in [-0.05, 0) is 31.4 Å². The molecule has 1 aromatic heterocycles. The molecule has 0 bridgehead atoms. The molecule has 2 amide bonds. The fourth-order valence-corrected chi connectivity index (χ4v) is 2.91. The summed E-state index contributed by atoms with van der Waals surface area (Å²) in [5.74, 6) is 0. The lowest BCUT2D eigenvalue weighted by atomic mass is 10.2. The fourth-order valence-electron chi connectivity index (χ4n) is 2.91. The summed E-state index contributed by atoms with van der Waals surface area (Å²) in [5, 5.41) is 3.06. The minimum atomic E-state index is 0.0159. The van der Waals surface area contributed by atoms with Crippen LogP contribution in [0.25, 0.3) is 0 Å². The monoisotopic (exact) mass is 320 g/mol. The average molecular weight is 320 g/mol. The maximum atomic E-state index is 12.4. The van der Waals surface area contributed by atoms with E-state index in [0.29, 0.717) is 6.61 Å². The summed E-state index contributed by atoms with van der Waals surface area (Å²) < 4.78 is 5.15. The molecule has 6 nitrogen and oxygen atoms in total. The number of nitrogens with zero attached hydrogens (tertiary/aromatic N) is 3. The Morgan fingerprint density at radius 3 is 2.91 bits per heavy atom. The first-order chi connectivity index (χ1) is 11.2. The van der Waals surface area contributed by atoms with E-state index in [-0.39, 0.29) is 12.1 Å². The van der Waals surface area contributed by atoms with Crippen LogP contribution >= 0.6 is 0 Å². The zero-order valence-corrected chi connectivity index (χ0v) is 14.4. The lowest BCUT2D eigenvalue weighted by Gasteiger charge is -2.26. The van der Waals surface area contributed by atoms with Gasteiger partial charge in [0.05, 0.1) is 12.6 Å². The first kappa shape index (κ1) is 17.5. The molecule has 0 saturated carbocycles. The van der Waals surface area contributed by atoms with Gasteiger partial charge in [-0.15, -0.1) is 0 Å². The van der Waals surface area contributed by atoms with Crippen LogP contribution < -0.4 is 10.2 Å². The number of hydrogen-bond donors (Lipinski definition) is 1. The number of anilines is 1. The smallest absolute Gasteiger partial charge is 0.317 e. The van der Waals surface area contributed by atoms with E-state index in [9.17, 15) is 4.79 Å². The Morgan fingerprint density at radius 2 is 2.22 bits per heavy atom. The van der Waals surface area contributed by atoms with Crippen LogP contribution in [0.5, 0.6) is 0 Å². The molecule has 23 heavy (non-hydrogen) atoms. The molecular formula is C17H28N4O2. The van der Waals surface area contributed by atoms with Gasteiger partial charge in [0.2, 0.25) is 0 Å². The van der Waals surface area contributed by atoms with Gasteiger partial charge in [0.1, 0.15) is 0 Å². The molecule has 6 heteroatoms. The molecule has 1 saturated heterocycles. The number of methoxy groups -OCH3 is 1. The van der Waals surface area contributed by atoms with Crippen molar-refractivity contribution in [2.45, 2.75) is 32.7 Å². The van der Waals surface area contributed by atoms with Gasteiger partial charge in [0.25, 0.3) is 0 Å². The number of hydrogen-bond acceptors (Lipinski definition) is 4. The summed E-state index contributed by atoms with van der Waals surface area (Å²) in [6, 6.07) is 2.15. The number of pyridine rings is 1. The van der Waals surface area contributed by atoms with Crippen molar-refractivity contribution in [1.29, 1.82) is 0 Å². The zero-order valence-electron chi connectivity index (χ0n) is 14.4. The number of aryl methyl sites for hydroxylation is 1. The van der Waals surface area contributed by atoms with Crippen molar-refractivity contribution in [3.05, 3.63) is 24.0 Å². The second-order valence-corrected chi connectivity index (χ2v) is 6.00. The van der Waals surface area contributed by atoms with Gasteiger partial charge in [0, 0.05) is 51.4 Å². The Balaban J connectivity index is 1.93. The molecule has 128 valence electrons. The minimum Gasteiger partial charge on any atom is -0.383 e. The topological polar surface area (TPSA) is 57.7 Å². The van der Waals surface area contributed by atoms with E-state index in [2.05, 4.69) is 35.1 Å². The number of nitrogens with one attached hydrogen (secondary N) is 1. The van der Waals surface area contributed by atoms with E-state index in [0.717, 1.165) is 39.0 Å². The van der Waals surface area contributed by atoms with Crippen molar-refractivity contribution in [3.8, 4) is 0 Å². The maximum absolute atomic E-state index is 12.4. The van der Waals surface area contributed by atoms with Crippen LogP contribution in [-0.4, -0.2) is 61.9 Å². The minimum absolute atomic E-state index is 0.0159. The number of aromatic nitrogens is 1. The quantitative estimate of drug-likeness (QED) is 0.902. The van der Waals surface area contributed by atoms with Crippen molar-refractivity contribution >= 4 is 11.7 Å². The van der Waals surface area contributed by atoms with Gasteiger partial charge in [0.15, 0.2) is 0 Å². The van der Waals surface area contributed by atoms with Crippen molar-refractivity contribution in [3.63, 3.8) is 0 Å². The van der Waals surface area contributed by atoms with E-state index in [1.807, 2.05) is 17.3 Å². The van der Waals surface area contributed by atoms with Gasteiger partial charge >= 0.3 is 6.03 Å². The molecule has 1 atom stereocenters. The Bertz CT molecular complexity index is 509. The number of carbonyl (C=O) groups is 1. The molecule has 1 N–H and O–H groups in total. The van der Waals surface area contributed by atoms with Crippen LogP contribution in [-0.2, 0) is 4.74 Å². The second-order valence-electron chi connectivity index (χ2n) is 6.00. The number of amides is 2. The second kappa shape index (κ2) is 8.72. The van der Waals surface area contributed by atoms with Gasteiger partial charge in [-0.3, -0.25) is 4.98 Å². The molecule has 1 aliphatic rings. The third-order valence-corrected chi connectivity index (χ3v) is 4.30. The number of ether oxygens (including phenoxy) is 1. The Morgan fingerprint density at radius 1 is 1.39 bits per heavy atom. The van der Waals surface area contributed by atoms with E-state index in [1.165, 1.54) is 11.3 Å². The molecule has 2 heterocycles. The zero-order chi connectivity index (χ0) is 16.7. The Hall–Kier alpha value is -1.82. The Kier molecular flexibility index (Phi) is 6.65. The molecule has 1 unspecified atom stereocenters. The SMILES string of the molecule is CCC(COC)NC(=O)N1CCCN(c2ccncc2C)CC1. The highest BCUT2D eigenvalue weighted by atomic mass is 16.5. The predicted octanol–water partition coefficient (Wildman–Crippen LogP) is 2.04. The fraction of sp³-hybridized carbons (Fsp3) is 0.647. The molecule has 0 aliphatic carbocycles. The summed E-state index contributed by atoms with van der Waals surface area (Å²) in [7, 11) is 1.66. The third-order valence-electron chi connectivity index (χ3n) is 4.30. The molecule has 1 aromatic rings.